The third-order valence-electron chi connectivity index (χ3n) is 4.27. The van der Waals surface area contributed by atoms with Gasteiger partial charge in [0, 0.05) is 37.3 Å². The van der Waals surface area contributed by atoms with Gasteiger partial charge < -0.3 is 9.40 Å². The number of amides is 1. The maximum absolute atomic E-state index is 12.8. The molecule has 0 fully saturated rings. The number of Topliss-reactive ketones (excluding diaryl/α,β-unsaturated/α-hetero) is 1. The Hall–Kier alpha value is -2.37. The molecule has 6 nitrogen and oxygen atoms in total. The quantitative estimate of drug-likeness (QED) is 0.943. The summed E-state index contributed by atoms with van der Waals surface area (Å²) in [5.74, 6) is 1.11. The van der Waals surface area contributed by atoms with Crippen molar-refractivity contribution in [1.29, 1.82) is 0 Å². The maximum atomic E-state index is 12.8. The van der Waals surface area contributed by atoms with Gasteiger partial charge in [0.1, 0.15) is 5.76 Å². The van der Waals surface area contributed by atoms with Crippen LogP contribution in [0, 0.1) is 12.3 Å². The normalized spacial score (nSPS) is 16.3. The number of nitrogens with zero attached hydrogens (tertiary/aromatic N) is 2. The molecule has 1 N–H and O–H groups in total. The van der Waals surface area contributed by atoms with Gasteiger partial charge in [-0.25, -0.2) is 4.98 Å². The van der Waals surface area contributed by atoms with Gasteiger partial charge in [0.25, 0.3) is 5.91 Å². The third-order valence-corrected chi connectivity index (χ3v) is 4.27. The van der Waals surface area contributed by atoms with Crippen molar-refractivity contribution in [2.45, 2.75) is 40.5 Å². The van der Waals surface area contributed by atoms with Crippen LogP contribution in [0.15, 0.2) is 16.8 Å². The molecular formula is C17H21N3O3. The number of fused-ring (bicyclic) bond motifs is 1. The minimum absolute atomic E-state index is 0.0533. The van der Waals surface area contributed by atoms with Crippen molar-refractivity contribution in [2.24, 2.45) is 5.41 Å². The summed E-state index contributed by atoms with van der Waals surface area (Å²) in [5.41, 5.74) is 1.08. The van der Waals surface area contributed by atoms with E-state index in [4.69, 9.17) is 4.42 Å². The smallest absolute Gasteiger partial charge is 0.296 e. The maximum Gasteiger partial charge on any atom is 0.296 e. The van der Waals surface area contributed by atoms with E-state index in [9.17, 15) is 9.59 Å². The molecule has 2 heterocycles. The number of nitrogens with one attached hydrogen (secondary N) is 1. The summed E-state index contributed by atoms with van der Waals surface area (Å²) in [5, 5.41) is 0. The van der Waals surface area contributed by atoms with Crippen LogP contribution in [-0.4, -0.2) is 28.2 Å². The highest BCUT2D eigenvalue weighted by molar-refractivity contribution is 6.08. The molecular weight excluding hydrogens is 294 g/mol. The first-order valence-electron chi connectivity index (χ1n) is 7.81. The van der Waals surface area contributed by atoms with E-state index < -0.39 is 0 Å². The molecule has 0 unspecified atom stereocenters. The van der Waals surface area contributed by atoms with Crippen molar-refractivity contribution in [2.75, 3.05) is 11.4 Å². The standard InChI is InChI=1S/C17H21N3O3/c1-5-20(16-18-6-7-19-16)15(22)14-10(2)13-11(21)8-17(3,4)9-12(13)23-14/h6-7H,5,8-9H2,1-4H3,(H,18,19). The number of imidazole rings is 1. The lowest BCUT2D eigenvalue weighted by Crippen LogP contribution is -2.31. The van der Waals surface area contributed by atoms with E-state index in [1.54, 1.807) is 19.3 Å². The van der Waals surface area contributed by atoms with Crippen LogP contribution < -0.4 is 4.90 Å². The number of aromatic amines is 1. The number of furan rings is 1. The van der Waals surface area contributed by atoms with E-state index in [1.807, 2.05) is 20.8 Å². The number of anilines is 1. The van der Waals surface area contributed by atoms with E-state index in [2.05, 4.69) is 9.97 Å². The van der Waals surface area contributed by atoms with Crippen LogP contribution in [0.2, 0.25) is 0 Å². The molecule has 3 rings (SSSR count). The van der Waals surface area contributed by atoms with E-state index >= 15 is 0 Å². The Labute approximate surface area is 134 Å². The van der Waals surface area contributed by atoms with Gasteiger partial charge in [-0.3, -0.25) is 14.5 Å². The van der Waals surface area contributed by atoms with Crippen LogP contribution in [0.25, 0.3) is 0 Å². The SMILES string of the molecule is CCN(C(=O)c1oc2c(c1C)C(=O)CC(C)(C)C2)c1ncc[nH]1. The van der Waals surface area contributed by atoms with Crippen molar-refractivity contribution in [3.05, 3.63) is 35.0 Å². The summed E-state index contributed by atoms with van der Waals surface area (Å²) < 4.78 is 5.83. The molecule has 1 aliphatic carbocycles. The van der Waals surface area contributed by atoms with E-state index in [0.29, 0.717) is 42.2 Å². The highest BCUT2D eigenvalue weighted by Gasteiger charge is 2.37. The Morgan fingerprint density at radius 3 is 2.78 bits per heavy atom. The summed E-state index contributed by atoms with van der Waals surface area (Å²) in [7, 11) is 0. The largest absolute Gasteiger partial charge is 0.455 e. The number of hydrogen-bond acceptors (Lipinski definition) is 4. The molecule has 0 saturated heterocycles. The summed E-state index contributed by atoms with van der Waals surface area (Å²) >= 11 is 0. The second kappa shape index (κ2) is 5.37. The van der Waals surface area contributed by atoms with Crippen molar-refractivity contribution in [3.8, 4) is 0 Å². The molecule has 6 heteroatoms. The molecule has 0 spiro atoms. The zero-order valence-electron chi connectivity index (χ0n) is 13.9. The predicted octanol–water partition coefficient (Wildman–Crippen LogP) is 3.13. The topological polar surface area (TPSA) is 79.2 Å². The molecule has 122 valence electrons. The molecule has 0 radical (unpaired) electrons. The number of aromatic nitrogens is 2. The van der Waals surface area contributed by atoms with Gasteiger partial charge in [-0.1, -0.05) is 13.8 Å². The van der Waals surface area contributed by atoms with Crippen LogP contribution in [0.4, 0.5) is 5.95 Å². The van der Waals surface area contributed by atoms with Gasteiger partial charge in [-0.2, -0.15) is 0 Å². The number of rotatable bonds is 3. The van der Waals surface area contributed by atoms with Gasteiger partial charge in [0.05, 0.1) is 5.56 Å². The van der Waals surface area contributed by atoms with Gasteiger partial charge >= 0.3 is 0 Å². The molecule has 0 bridgehead atoms. The zero-order chi connectivity index (χ0) is 16.8. The van der Waals surface area contributed by atoms with E-state index in [-0.39, 0.29) is 22.9 Å². The fourth-order valence-corrected chi connectivity index (χ4v) is 3.20. The minimum Gasteiger partial charge on any atom is -0.455 e. The highest BCUT2D eigenvalue weighted by Crippen LogP contribution is 2.38. The fraction of sp³-hybridized carbons (Fsp3) is 0.471. The number of hydrogen-bond donors (Lipinski definition) is 1. The van der Waals surface area contributed by atoms with Crippen LogP contribution in [0.1, 0.15) is 59.4 Å². The zero-order valence-corrected chi connectivity index (χ0v) is 13.9. The minimum atomic E-state index is -0.278. The molecule has 0 aromatic carbocycles. The first-order chi connectivity index (χ1) is 10.8. The van der Waals surface area contributed by atoms with Crippen LogP contribution in [0.5, 0.6) is 0 Å². The lowest BCUT2D eigenvalue weighted by Gasteiger charge is -2.27. The first kappa shape index (κ1) is 15.5. The number of carbonyl (C=O) groups excluding carboxylic acids is 2. The van der Waals surface area contributed by atoms with Gasteiger partial charge in [0.2, 0.25) is 5.95 Å². The highest BCUT2D eigenvalue weighted by atomic mass is 16.4. The van der Waals surface area contributed by atoms with E-state index in [1.165, 1.54) is 4.90 Å². The lowest BCUT2D eigenvalue weighted by atomic mass is 9.76. The Morgan fingerprint density at radius 2 is 2.17 bits per heavy atom. The molecule has 0 aliphatic heterocycles. The summed E-state index contributed by atoms with van der Waals surface area (Å²) in [6.07, 6.45) is 4.40. The number of H-pyrrole nitrogens is 1. The molecule has 2 aromatic rings. The fourth-order valence-electron chi connectivity index (χ4n) is 3.20. The third kappa shape index (κ3) is 2.58. The van der Waals surface area contributed by atoms with Crippen molar-refractivity contribution in [1.82, 2.24) is 9.97 Å². The Balaban J connectivity index is 2.02. The molecule has 0 saturated carbocycles. The molecule has 23 heavy (non-hydrogen) atoms. The predicted molar refractivity (Wildman–Crippen MR) is 85.8 cm³/mol. The van der Waals surface area contributed by atoms with Gasteiger partial charge in [-0.15, -0.1) is 0 Å². The molecule has 1 amide bonds. The second-order valence-electron chi connectivity index (χ2n) is 6.76. The summed E-state index contributed by atoms with van der Waals surface area (Å²) in [4.78, 5) is 33.8. The first-order valence-corrected chi connectivity index (χ1v) is 7.81. The van der Waals surface area contributed by atoms with Crippen molar-refractivity contribution < 1.29 is 14.0 Å². The van der Waals surface area contributed by atoms with Gasteiger partial charge in [-0.05, 0) is 19.3 Å². The lowest BCUT2D eigenvalue weighted by molar-refractivity contribution is 0.0896. The summed E-state index contributed by atoms with van der Waals surface area (Å²) in [6, 6.07) is 0. The van der Waals surface area contributed by atoms with Gasteiger partial charge in [0.15, 0.2) is 11.5 Å². The molecule has 2 aromatic heterocycles. The average Bonchev–Trinajstić information content (AvgIpc) is 3.06. The van der Waals surface area contributed by atoms with Crippen LogP contribution in [-0.2, 0) is 6.42 Å². The number of ketones is 1. The summed E-state index contributed by atoms with van der Waals surface area (Å²) in [6.45, 7) is 8.17. The second-order valence-corrected chi connectivity index (χ2v) is 6.76. The average molecular weight is 315 g/mol. The van der Waals surface area contributed by atoms with Crippen molar-refractivity contribution >= 4 is 17.6 Å². The monoisotopic (exact) mass is 315 g/mol. The Kier molecular flexibility index (Phi) is 3.62. The van der Waals surface area contributed by atoms with Crippen LogP contribution in [0.3, 0.4) is 0 Å². The Bertz CT molecular complexity index is 756. The Morgan fingerprint density at radius 1 is 1.43 bits per heavy atom. The van der Waals surface area contributed by atoms with Crippen LogP contribution >= 0.6 is 0 Å². The van der Waals surface area contributed by atoms with E-state index in [0.717, 1.165) is 0 Å². The number of carbonyl (C=O) groups is 2. The van der Waals surface area contributed by atoms with Crippen molar-refractivity contribution in [3.63, 3.8) is 0 Å². The molecule has 1 aliphatic rings. The molecule has 0 atom stereocenters.